The average molecular weight is 378 g/mol. The minimum Gasteiger partial charge on any atom is -0.378 e. The molecule has 2 heterocycles. The molecule has 1 fully saturated rings. The van der Waals surface area contributed by atoms with Crippen molar-refractivity contribution in [2.24, 2.45) is 0 Å². The van der Waals surface area contributed by atoms with Gasteiger partial charge in [0.05, 0.1) is 17.0 Å². The summed E-state index contributed by atoms with van der Waals surface area (Å²) < 4.78 is 6.56. The van der Waals surface area contributed by atoms with E-state index in [-0.39, 0.29) is 5.78 Å². The Hall–Kier alpha value is -1.17. The number of morpholine rings is 1. The maximum absolute atomic E-state index is 12.5. The molecule has 0 aromatic carbocycles. The van der Waals surface area contributed by atoms with Gasteiger partial charge in [0.2, 0.25) is 0 Å². The number of hydrogen-bond acceptors (Lipinski definition) is 4. The molecule has 1 saturated heterocycles. The zero-order chi connectivity index (χ0) is 15.1. The van der Waals surface area contributed by atoms with E-state index >= 15 is 0 Å². The van der Waals surface area contributed by atoms with Crippen LogP contribution >= 0.6 is 27.3 Å². The summed E-state index contributed by atoms with van der Waals surface area (Å²) in [6.07, 6.45) is 5.66. The van der Waals surface area contributed by atoms with Crippen LogP contribution < -0.4 is 0 Å². The first-order valence-electron chi connectivity index (χ1n) is 7.47. The summed E-state index contributed by atoms with van der Waals surface area (Å²) in [6.45, 7) is 3.25. The number of carbonyl (C=O) groups excluding carboxylic acids is 1. The van der Waals surface area contributed by atoms with E-state index in [1.165, 1.54) is 16.7 Å². The van der Waals surface area contributed by atoms with Gasteiger partial charge in [-0.1, -0.05) is 6.08 Å². The van der Waals surface area contributed by atoms with Gasteiger partial charge in [-0.05, 0) is 44.9 Å². The molecule has 22 heavy (non-hydrogen) atoms. The molecule has 1 aromatic heterocycles. The largest absolute Gasteiger partial charge is 0.378 e. The molecular formula is C17H16BrNO2S. The molecule has 1 aliphatic heterocycles. The summed E-state index contributed by atoms with van der Waals surface area (Å²) in [5.74, 6) is 0.181. The lowest BCUT2D eigenvalue weighted by Crippen LogP contribution is -2.36. The molecule has 0 N–H and O–H groups in total. The molecule has 0 saturated carbocycles. The van der Waals surface area contributed by atoms with E-state index < -0.39 is 0 Å². The van der Waals surface area contributed by atoms with E-state index in [1.54, 1.807) is 11.3 Å². The van der Waals surface area contributed by atoms with Crippen LogP contribution in [0, 0.1) is 0 Å². The highest BCUT2D eigenvalue weighted by Gasteiger charge is 2.30. The Kier molecular flexibility index (Phi) is 3.80. The van der Waals surface area contributed by atoms with Crippen molar-refractivity contribution in [3.05, 3.63) is 49.8 Å². The first-order valence-corrected chi connectivity index (χ1v) is 9.15. The fourth-order valence-electron chi connectivity index (χ4n) is 3.35. The van der Waals surface area contributed by atoms with Gasteiger partial charge in [0.1, 0.15) is 0 Å². The molecule has 5 heteroatoms. The van der Waals surface area contributed by atoms with Gasteiger partial charge in [0, 0.05) is 42.4 Å². The molecule has 2 aliphatic carbocycles. The summed E-state index contributed by atoms with van der Waals surface area (Å²) in [5.41, 5.74) is 5.78. The molecule has 0 amide bonds. The highest BCUT2D eigenvalue weighted by Crippen LogP contribution is 2.44. The summed E-state index contributed by atoms with van der Waals surface area (Å²) in [6, 6.07) is 2.13. The van der Waals surface area contributed by atoms with Gasteiger partial charge in [-0.15, -0.1) is 11.3 Å². The highest BCUT2D eigenvalue weighted by atomic mass is 79.9. The molecule has 114 valence electrons. The topological polar surface area (TPSA) is 29.5 Å². The van der Waals surface area contributed by atoms with Crippen molar-refractivity contribution in [1.29, 1.82) is 0 Å². The van der Waals surface area contributed by atoms with Crippen molar-refractivity contribution < 1.29 is 9.53 Å². The monoisotopic (exact) mass is 377 g/mol. The second kappa shape index (κ2) is 5.80. The van der Waals surface area contributed by atoms with Crippen LogP contribution in [0.25, 0.3) is 5.57 Å². The standard InChI is InChI=1S/C17H16BrNO2S/c18-17-14(3-8-22-17)12-1-2-13-15(12)9-11(10-16(13)20)19-4-6-21-7-5-19/h1,3,8,10H,2,4-7,9H2. The SMILES string of the molecule is O=C1C=C(N2CCOCC2)CC2=C1CC=C2c1ccsc1Br. The van der Waals surface area contributed by atoms with Crippen molar-refractivity contribution in [2.75, 3.05) is 26.3 Å². The van der Waals surface area contributed by atoms with E-state index in [9.17, 15) is 4.79 Å². The number of hydrogen-bond donors (Lipinski definition) is 0. The Morgan fingerprint density at radius 2 is 2.05 bits per heavy atom. The van der Waals surface area contributed by atoms with E-state index in [0.717, 1.165) is 54.2 Å². The number of ether oxygens (including phenoxy) is 1. The lowest BCUT2D eigenvalue weighted by molar-refractivity contribution is -0.111. The predicted octanol–water partition coefficient (Wildman–Crippen LogP) is 3.78. The number of thiophene rings is 1. The van der Waals surface area contributed by atoms with Gasteiger partial charge in [-0.3, -0.25) is 4.79 Å². The van der Waals surface area contributed by atoms with Gasteiger partial charge in [-0.2, -0.15) is 0 Å². The molecule has 0 radical (unpaired) electrons. The van der Waals surface area contributed by atoms with Crippen molar-refractivity contribution in [1.82, 2.24) is 4.90 Å². The third-order valence-electron chi connectivity index (χ3n) is 4.48. The Morgan fingerprint density at radius 1 is 1.23 bits per heavy atom. The van der Waals surface area contributed by atoms with Crippen LogP contribution in [-0.2, 0) is 9.53 Å². The fourth-order valence-corrected chi connectivity index (χ4v) is 4.65. The van der Waals surface area contributed by atoms with Crippen molar-refractivity contribution >= 4 is 38.6 Å². The quantitative estimate of drug-likeness (QED) is 0.785. The van der Waals surface area contributed by atoms with E-state index in [2.05, 4.69) is 38.4 Å². The minimum atomic E-state index is 0.181. The van der Waals surface area contributed by atoms with Crippen LogP contribution in [-0.4, -0.2) is 37.0 Å². The van der Waals surface area contributed by atoms with Crippen LogP contribution in [0.5, 0.6) is 0 Å². The van der Waals surface area contributed by atoms with Crippen LogP contribution in [0.4, 0.5) is 0 Å². The zero-order valence-electron chi connectivity index (χ0n) is 12.1. The van der Waals surface area contributed by atoms with E-state index in [1.807, 2.05) is 6.08 Å². The summed E-state index contributed by atoms with van der Waals surface area (Å²) >= 11 is 5.32. The molecule has 4 rings (SSSR count). The maximum atomic E-state index is 12.5. The van der Waals surface area contributed by atoms with Gasteiger partial charge in [0.15, 0.2) is 5.78 Å². The average Bonchev–Trinajstić information content (AvgIpc) is 3.14. The van der Waals surface area contributed by atoms with Gasteiger partial charge >= 0.3 is 0 Å². The number of halogens is 1. The number of nitrogens with zero attached hydrogens (tertiary/aromatic N) is 1. The molecule has 0 unspecified atom stereocenters. The third-order valence-corrected chi connectivity index (χ3v) is 6.17. The van der Waals surface area contributed by atoms with Gasteiger partial charge in [-0.25, -0.2) is 0 Å². The lowest BCUT2D eigenvalue weighted by Gasteiger charge is -2.33. The van der Waals surface area contributed by atoms with E-state index in [4.69, 9.17) is 4.74 Å². The number of allylic oxidation sites excluding steroid dienone is 5. The second-order valence-corrected chi connectivity index (χ2v) is 7.90. The van der Waals surface area contributed by atoms with Crippen molar-refractivity contribution in [3.8, 4) is 0 Å². The summed E-state index contributed by atoms with van der Waals surface area (Å²) in [4.78, 5) is 14.8. The first kappa shape index (κ1) is 14.4. The summed E-state index contributed by atoms with van der Waals surface area (Å²) in [7, 11) is 0. The van der Waals surface area contributed by atoms with Crippen LogP contribution in [0.1, 0.15) is 18.4 Å². The Labute approximate surface area is 142 Å². The molecule has 0 atom stereocenters. The Bertz CT molecular complexity index is 723. The predicted molar refractivity (Wildman–Crippen MR) is 91.7 cm³/mol. The molecule has 3 nitrogen and oxygen atoms in total. The van der Waals surface area contributed by atoms with Crippen LogP contribution in [0.15, 0.2) is 44.2 Å². The molecular weight excluding hydrogens is 362 g/mol. The number of rotatable bonds is 2. The number of ketones is 1. The molecule has 0 bridgehead atoms. The first-order chi connectivity index (χ1) is 10.7. The zero-order valence-corrected chi connectivity index (χ0v) is 14.5. The lowest BCUT2D eigenvalue weighted by atomic mass is 9.90. The van der Waals surface area contributed by atoms with Gasteiger partial charge < -0.3 is 9.64 Å². The maximum Gasteiger partial charge on any atom is 0.184 e. The summed E-state index contributed by atoms with van der Waals surface area (Å²) in [5, 5.41) is 2.09. The molecule has 1 aromatic rings. The Morgan fingerprint density at radius 3 is 2.77 bits per heavy atom. The Balaban J connectivity index is 1.64. The van der Waals surface area contributed by atoms with Crippen molar-refractivity contribution in [2.45, 2.75) is 12.8 Å². The van der Waals surface area contributed by atoms with Gasteiger partial charge in [0.25, 0.3) is 0 Å². The fraction of sp³-hybridized carbons (Fsp3) is 0.353. The molecule has 0 spiro atoms. The van der Waals surface area contributed by atoms with E-state index in [0.29, 0.717) is 0 Å². The number of carbonyl (C=O) groups is 1. The minimum absolute atomic E-state index is 0.181. The normalized spacial score (nSPS) is 21.9. The highest BCUT2D eigenvalue weighted by molar-refractivity contribution is 9.11. The smallest absolute Gasteiger partial charge is 0.184 e. The molecule has 3 aliphatic rings. The second-order valence-electron chi connectivity index (χ2n) is 5.66. The van der Waals surface area contributed by atoms with Crippen LogP contribution in [0.3, 0.4) is 0 Å². The van der Waals surface area contributed by atoms with Crippen molar-refractivity contribution in [3.63, 3.8) is 0 Å². The third kappa shape index (κ3) is 2.41. The van der Waals surface area contributed by atoms with Crippen LogP contribution in [0.2, 0.25) is 0 Å².